The van der Waals surface area contributed by atoms with Gasteiger partial charge in [0.15, 0.2) is 0 Å². The number of fused-ring (bicyclic) bond motifs is 1. The summed E-state index contributed by atoms with van der Waals surface area (Å²) in [5.41, 5.74) is 8.39. The van der Waals surface area contributed by atoms with Crippen LogP contribution in [0.3, 0.4) is 0 Å². The zero-order chi connectivity index (χ0) is 13.3. The summed E-state index contributed by atoms with van der Waals surface area (Å²) in [6.07, 6.45) is 3.30. The standard InChI is InChI=1S/C15H21N3O/c16-14(19)18-10-13-4-2-1-3-12(13)9-15(11-18)5-7-17-8-6-15/h1-4,17H,5-11H2,(H2,16,19). The molecule has 0 atom stereocenters. The topological polar surface area (TPSA) is 58.4 Å². The molecule has 0 aromatic heterocycles. The monoisotopic (exact) mass is 259 g/mol. The molecule has 0 bridgehead atoms. The molecule has 0 aliphatic carbocycles. The second-order valence-corrected chi connectivity index (χ2v) is 5.89. The van der Waals surface area contributed by atoms with E-state index in [2.05, 4.69) is 23.5 Å². The Morgan fingerprint density at radius 1 is 1.21 bits per heavy atom. The van der Waals surface area contributed by atoms with Crippen molar-refractivity contribution in [1.82, 2.24) is 10.2 Å². The highest BCUT2D eigenvalue weighted by molar-refractivity contribution is 5.72. The molecule has 3 N–H and O–H groups in total. The van der Waals surface area contributed by atoms with Crippen LogP contribution in [0.4, 0.5) is 4.79 Å². The average molecular weight is 259 g/mol. The van der Waals surface area contributed by atoms with Gasteiger partial charge in [0.2, 0.25) is 0 Å². The third kappa shape index (κ3) is 2.45. The number of primary amides is 1. The van der Waals surface area contributed by atoms with Crippen LogP contribution in [0.1, 0.15) is 24.0 Å². The summed E-state index contributed by atoms with van der Waals surface area (Å²) >= 11 is 0. The highest BCUT2D eigenvalue weighted by Crippen LogP contribution is 2.37. The zero-order valence-electron chi connectivity index (χ0n) is 11.2. The third-order valence-electron chi connectivity index (χ3n) is 4.55. The van der Waals surface area contributed by atoms with Gasteiger partial charge in [0.05, 0.1) is 0 Å². The van der Waals surface area contributed by atoms with Crippen molar-refractivity contribution in [3.8, 4) is 0 Å². The van der Waals surface area contributed by atoms with Gasteiger partial charge in [0.1, 0.15) is 0 Å². The van der Waals surface area contributed by atoms with Gasteiger partial charge in [0.25, 0.3) is 0 Å². The summed E-state index contributed by atoms with van der Waals surface area (Å²) in [5, 5.41) is 3.41. The van der Waals surface area contributed by atoms with Crippen molar-refractivity contribution in [1.29, 1.82) is 0 Å². The largest absolute Gasteiger partial charge is 0.351 e. The van der Waals surface area contributed by atoms with E-state index >= 15 is 0 Å². The molecule has 4 heteroatoms. The maximum absolute atomic E-state index is 11.7. The van der Waals surface area contributed by atoms with E-state index in [0.29, 0.717) is 6.54 Å². The van der Waals surface area contributed by atoms with Crippen molar-refractivity contribution in [2.75, 3.05) is 19.6 Å². The Morgan fingerprint density at radius 3 is 2.58 bits per heavy atom. The predicted molar refractivity (Wildman–Crippen MR) is 74.7 cm³/mol. The van der Waals surface area contributed by atoms with Crippen molar-refractivity contribution in [3.05, 3.63) is 35.4 Å². The average Bonchev–Trinajstić information content (AvgIpc) is 2.56. The number of benzene rings is 1. The fraction of sp³-hybridized carbons (Fsp3) is 0.533. The Labute approximate surface area is 114 Å². The molecule has 2 amide bonds. The smallest absolute Gasteiger partial charge is 0.315 e. The lowest BCUT2D eigenvalue weighted by Crippen LogP contribution is -2.47. The molecule has 0 unspecified atom stereocenters. The molecule has 1 aromatic rings. The highest BCUT2D eigenvalue weighted by atomic mass is 16.2. The fourth-order valence-corrected chi connectivity index (χ4v) is 3.46. The number of carbonyl (C=O) groups is 1. The van der Waals surface area contributed by atoms with Gasteiger partial charge >= 0.3 is 6.03 Å². The number of nitrogens with two attached hydrogens (primary N) is 1. The molecule has 2 aliphatic rings. The lowest BCUT2D eigenvalue weighted by Gasteiger charge is -2.39. The van der Waals surface area contributed by atoms with E-state index in [1.54, 1.807) is 0 Å². The van der Waals surface area contributed by atoms with Gasteiger partial charge in [0, 0.05) is 13.1 Å². The van der Waals surface area contributed by atoms with Crippen LogP contribution in [0, 0.1) is 5.41 Å². The van der Waals surface area contributed by atoms with Gasteiger partial charge in [-0.25, -0.2) is 4.79 Å². The number of amides is 2. The van der Waals surface area contributed by atoms with E-state index in [1.807, 2.05) is 11.0 Å². The van der Waals surface area contributed by atoms with Crippen LogP contribution in [0.25, 0.3) is 0 Å². The summed E-state index contributed by atoms with van der Waals surface area (Å²) in [5.74, 6) is 0. The maximum atomic E-state index is 11.7. The fourth-order valence-electron chi connectivity index (χ4n) is 3.46. The minimum absolute atomic E-state index is 0.201. The lowest BCUT2D eigenvalue weighted by atomic mass is 9.74. The van der Waals surface area contributed by atoms with Crippen LogP contribution in [0.2, 0.25) is 0 Å². The molecular weight excluding hydrogens is 238 g/mol. The quantitative estimate of drug-likeness (QED) is 0.741. The first-order valence-electron chi connectivity index (χ1n) is 7.00. The first kappa shape index (κ1) is 12.5. The van der Waals surface area contributed by atoms with E-state index < -0.39 is 0 Å². The molecule has 4 nitrogen and oxygen atoms in total. The van der Waals surface area contributed by atoms with Crippen LogP contribution >= 0.6 is 0 Å². The van der Waals surface area contributed by atoms with Crippen molar-refractivity contribution in [3.63, 3.8) is 0 Å². The molecule has 1 saturated heterocycles. The van der Waals surface area contributed by atoms with Crippen LogP contribution in [-0.4, -0.2) is 30.6 Å². The normalized spacial score (nSPS) is 21.8. The number of piperidine rings is 1. The minimum atomic E-state index is -0.297. The molecule has 1 fully saturated rings. The molecule has 1 aromatic carbocycles. The molecule has 102 valence electrons. The van der Waals surface area contributed by atoms with Crippen LogP contribution in [0.5, 0.6) is 0 Å². The van der Waals surface area contributed by atoms with E-state index in [-0.39, 0.29) is 11.4 Å². The SMILES string of the molecule is NC(=O)N1Cc2ccccc2CC2(CCNCC2)C1. The number of carbonyl (C=O) groups excluding carboxylic acids is 1. The van der Waals surface area contributed by atoms with E-state index in [9.17, 15) is 4.79 Å². The number of rotatable bonds is 0. The Kier molecular flexibility index (Phi) is 3.19. The van der Waals surface area contributed by atoms with Gasteiger partial charge in [-0.2, -0.15) is 0 Å². The van der Waals surface area contributed by atoms with Crippen molar-refractivity contribution in [2.45, 2.75) is 25.8 Å². The molecule has 19 heavy (non-hydrogen) atoms. The van der Waals surface area contributed by atoms with Crippen molar-refractivity contribution >= 4 is 6.03 Å². The van der Waals surface area contributed by atoms with Gasteiger partial charge in [-0.15, -0.1) is 0 Å². The molecule has 2 heterocycles. The summed E-state index contributed by atoms with van der Waals surface area (Å²) < 4.78 is 0. The van der Waals surface area contributed by atoms with E-state index in [4.69, 9.17) is 5.73 Å². The first-order valence-corrected chi connectivity index (χ1v) is 7.00. The molecule has 3 rings (SSSR count). The molecule has 1 spiro atoms. The van der Waals surface area contributed by atoms with Crippen molar-refractivity contribution in [2.24, 2.45) is 11.1 Å². The molecule has 0 radical (unpaired) electrons. The number of hydrogen-bond donors (Lipinski definition) is 2. The van der Waals surface area contributed by atoms with Crippen LogP contribution in [-0.2, 0) is 13.0 Å². The predicted octanol–water partition coefficient (Wildman–Crippen LogP) is 1.49. The van der Waals surface area contributed by atoms with Crippen LogP contribution in [0.15, 0.2) is 24.3 Å². The van der Waals surface area contributed by atoms with Gasteiger partial charge in [-0.05, 0) is 48.9 Å². The summed E-state index contributed by atoms with van der Waals surface area (Å²) in [6, 6.07) is 8.15. The zero-order valence-corrected chi connectivity index (χ0v) is 11.2. The number of urea groups is 1. The highest BCUT2D eigenvalue weighted by Gasteiger charge is 2.37. The minimum Gasteiger partial charge on any atom is -0.351 e. The molecule has 0 saturated carbocycles. The molecule has 2 aliphatic heterocycles. The second kappa shape index (κ2) is 4.85. The number of nitrogens with one attached hydrogen (secondary N) is 1. The van der Waals surface area contributed by atoms with Gasteiger partial charge in [-0.1, -0.05) is 24.3 Å². The van der Waals surface area contributed by atoms with E-state index in [1.165, 1.54) is 11.1 Å². The van der Waals surface area contributed by atoms with Gasteiger partial charge in [-0.3, -0.25) is 0 Å². The summed E-state index contributed by atoms with van der Waals surface area (Å²) in [6.45, 7) is 3.52. The third-order valence-corrected chi connectivity index (χ3v) is 4.55. The lowest BCUT2D eigenvalue weighted by molar-refractivity contribution is 0.129. The Hall–Kier alpha value is -1.55. The molecular formula is C15H21N3O. The van der Waals surface area contributed by atoms with Crippen molar-refractivity contribution < 1.29 is 4.79 Å². The number of hydrogen-bond acceptors (Lipinski definition) is 2. The summed E-state index contributed by atoms with van der Waals surface area (Å²) in [7, 11) is 0. The Morgan fingerprint density at radius 2 is 1.89 bits per heavy atom. The second-order valence-electron chi connectivity index (χ2n) is 5.89. The first-order chi connectivity index (χ1) is 9.19. The Bertz CT molecular complexity index is 480. The van der Waals surface area contributed by atoms with Gasteiger partial charge < -0.3 is 16.0 Å². The van der Waals surface area contributed by atoms with Crippen LogP contribution < -0.4 is 11.1 Å². The maximum Gasteiger partial charge on any atom is 0.315 e. The number of nitrogens with zero attached hydrogens (tertiary/aromatic N) is 1. The van der Waals surface area contributed by atoms with E-state index in [0.717, 1.165) is 38.9 Å². The Balaban J connectivity index is 1.97. The summed E-state index contributed by atoms with van der Waals surface area (Å²) in [4.78, 5) is 13.5.